The molecule has 0 atom stereocenters. The molecule has 134 valence electrons. The van der Waals surface area contributed by atoms with E-state index in [1.54, 1.807) is 6.20 Å². The van der Waals surface area contributed by atoms with Crippen molar-refractivity contribution in [2.45, 2.75) is 0 Å². The number of nitro benzene ring substituents is 1. The molecule has 1 aliphatic heterocycles. The second kappa shape index (κ2) is 7.60. The molecule has 0 spiro atoms. The number of nitrogens with zero attached hydrogens (tertiary/aromatic N) is 4. The van der Waals surface area contributed by atoms with Crippen LogP contribution in [-0.4, -0.2) is 52.8 Å². The zero-order valence-corrected chi connectivity index (χ0v) is 13.9. The lowest BCUT2D eigenvalue weighted by Crippen LogP contribution is -2.51. The molecular formula is C17H17N5O4. The minimum atomic E-state index is -0.759. The van der Waals surface area contributed by atoms with E-state index >= 15 is 0 Å². The van der Waals surface area contributed by atoms with Gasteiger partial charge in [0.1, 0.15) is 5.82 Å². The van der Waals surface area contributed by atoms with Crippen LogP contribution in [0, 0.1) is 10.1 Å². The third kappa shape index (κ3) is 3.94. The fourth-order valence-corrected chi connectivity index (χ4v) is 2.67. The average molecular weight is 355 g/mol. The number of nitrogens with one attached hydrogen (secondary N) is 1. The van der Waals surface area contributed by atoms with Crippen molar-refractivity contribution in [3.05, 3.63) is 58.8 Å². The predicted octanol–water partition coefficient (Wildman–Crippen LogP) is 1.28. The van der Waals surface area contributed by atoms with Crippen molar-refractivity contribution in [2.75, 3.05) is 36.4 Å². The van der Waals surface area contributed by atoms with Crippen LogP contribution in [0.25, 0.3) is 0 Å². The third-order valence-corrected chi connectivity index (χ3v) is 4.07. The van der Waals surface area contributed by atoms with E-state index in [-0.39, 0.29) is 5.69 Å². The normalized spacial score (nSPS) is 14.0. The van der Waals surface area contributed by atoms with Gasteiger partial charge in [-0.2, -0.15) is 0 Å². The van der Waals surface area contributed by atoms with Crippen molar-refractivity contribution in [3.63, 3.8) is 0 Å². The zero-order valence-electron chi connectivity index (χ0n) is 13.9. The summed E-state index contributed by atoms with van der Waals surface area (Å²) in [6.07, 6.45) is 1.71. The van der Waals surface area contributed by atoms with E-state index in [1.807, 2.05) is 18.2 Å². The van der Waals surface area contributed by atoms with Crippen LogP contribution < -0.4 is 10.2 Å². The fraction of sp³-hybridized carbons (Fsp3) is 0.235. The Balaban J connectivity index is 1.54. The molecule has 0 radical (unpaired) electrons. The third-order valence-electron chi connectivity index (χ3n) is 4.07. The summed E-state index contributed by atoms with van der Waals surface area (Å²) in [7, 11) is 0. The zero-order chi connectivity index (χ0) is 18.5. The molecule has 0 bridgehead atoms. The number of piperazine rings is 1. The van der Waals surface area contributed by atoms with Gasteiger partial charge < -0.3 is 15.1 Å². The molecule has 0 unspecified atom stereocenters. The summed E-state index contributed by atoms with van der Waals surface area (Å²) in [4.78, 5) is 42.3. The van der Waals surface area contributed by atoms with Gasteiger partial charge in [0.05, 0.1) is 4.92 Å². The molecule has 3 rings (SSSR count). The van der Waals surface area contributed by atoms with Crippen LogP contribution >= 0.6 is 0 Å². The van der Waals surface area contributed by atoms with Crippen molar-refractivity contribution in [3.8, 4) is 0 Å². The van der Waals surface area contributed by atoms with Gasteiger partial charge >= 0.3 is 11.8 Å². The molecule has 2 heterocycles. The topological polar surface area (TPSA) is 109 Å². The molecule has 1 aromatic carbocycles. The number of carbonyl (C=O) groups excluding carboxylic acids is 2. The summed E-state index contributed by atoms with van der Waals surface area (Å²) in [5.74, 6) is -0.538. The molecule has 1 aromatic heterocycles. The summed E-state index contributed by atoms with van der Waals surface area (Å²) in [5, 5.41) is 13.1. The Morgan fingerprint density at radius 1 is 1.04 bits per heavy atom. The van der Waals surface area contributed by atoms with E-state index in [4.69, 9.17) is 0 Å². The maximum Gasteiger partial charge on any atom is 0.313 e. The predicted molar refractivity (Wildman–Crippen MR) is 94.8 cm³/mol. The molecule has 1 aliphatic rings. The fourth-order valence-electron chi connectivity index (χ4n) is 2.67. The quantitative estimate of drug-likeness (QED) is 0.505. The van der Waals surface area contributed by atoms with Gasteiger partial charge in [-0.3, -0.25) is 19.7 Å². The van der Waals surface area contributed by atoms with E-state index in [1.165, 1.54) is 29.2 Å². The Hall–Kier alpha value is -3.49. The molecule has 1 fully saturated rings. The van der Waals surface area contributed by atoms with Gasteiger partial charge in [-0.1, -0.05) is 6.07 Å². The number of rotatable bonds is 3. The highest BCUT2D eigenvalue weighted by Crippen LogP contribution is 2.16. The SMILES string of the molecule is O=C(Nc1ccc([N+](=O)[O-])cc1)C(=O)N1CCN(c2ccccn2)CC1. The van der Waals surface area contributed by atoms with Crippen LogP contribution in [-0.2, 0) is 9.59 Å². The lowest BCUT2D eigenvalue weighted by Gasteiger charge is -2.34. The average Bonchev–Trinajstić information content (AvgIpc) is 2.68. The number of aromatic nitrogens is 1. The molecule has 9 heteroatoms. The number of anilines is 2. The summed E-state index contributed by atoms with van der Waals surface area (Å²) < 4.78 is 0. The second-order valence-electron chi connectivity index (χ2n) is 5.73. The van der Waals surface area contributed by atoms with Crippen LogP contribution in [0.5, 0.6) is 0 Å². The van der Waals surface area contributed by atoms with Gasteiger partial charge in [-0.05, 0) is 24.3 Å². The summed E-state index contributed by atoms with van der Waals surface area (Å²) in [6.45, 7) is 2.02. The Morgan fingerprint density at radius 2 is 1.73 bits per heavy atom. The smallest absolute Gasteiger partial charge is 0.313 e. The monoisotopic (exact) mass is 355 g/mol. The van der Waals surface area contributed by atoms with E-state index < -0.39 is 16.7 Å². The molecule has 0 aliphatic carbocycles. The summed E-state index contributed by atoms with van der Waals surface area (Å²) in [5.41, 5.74) is 0.251. The number of hydrogen-bond acceptors (Lipinski definition) is 6. The van der Waals surface area contributed by atoms with Crippen LogP contribution in [0.3, 0.4) is 0 Å². The summed E-state index contributed by atoms with van der Waals surface area (Å²) >= 11 is 0. The number of pyridine rings is 1. The Labute approximate surface area is 149 Å². The van der Waals surface area contributed by atoms with E-state index in [2.05, 4.69) is 15.2 Å². The second-order valence-corrected chi connectivity index (χ2v) is 5.73. The Kier molecular flexibility index (Phi) is 5.07. The molecule has 2 amide bonds. The lowest BCUT2D eigenvalue weighted by atomic mass is 10.2. The molecule has 1 saturated heterocycles. The molecule has 9 nitrogen and oxygen atoms in total. The minimum absolute atomic E-state index is 0.0834. The first-order valence-electron chi connectivity index (χ1n) is 8.05. The van der Waals surface area contributed by atoms with Gasteiger partial charge in [0.15, 0.2) is 0 Å². The molecule has 1 N–H and O–H groups in total. The van der Waals surface area contributed by atoms with Crippen LogP contribution in [0.2, 0.25) is 0 Å². The molecule has 26 heavy (non-hydrogen) atoms. The molecule has 0 saturated carbocycles. The van der Waals surface area contributed by atoms with Crippen molar-refractivity contribution in [1.82, 2.24) is 9.88 Å². The highest BCUT2D eigenvalue weighted by molar-refractivity contribution is 6.39. The highest BCUT2D eigenvalue weighted by atomic mass is 16.6. The number of amides is 2. The first-order valence-corrected chi connectivity index (χ1v) is 8.05. The van der Waals surface area contributed by atoms with Crippen molar-refractivity contribution >= 4 is 29.0 Å². The van der Waals surface area contributed by atoms with E-state index in [9.17, 15) is 19.7 Å². The number of nitro groups is 1. The largest absolute Gasteiger partial charge is 0.353 e. The van der Waals surface area contributed by atoms with Crippen LogP contribution in [0.4, 0.5) is 17.2 Å². The standard InChI is InChI=1S/C17H17N5O4/c23-16(19-13-4-6-14(7-5-13)22(25)26)17(24)21-11-9-20(10-12-21)15-3-1-2-8-18-15/h1-8H,9-12H2,(H,19,23). The highest BCUT2D eigenvalue weighted by Gasteiger charge is 2.26. The van der Waals surface area contributed by atoms with Crippen molar-refractivity contribution < 1.29 is 14.5 Å². The van der Waals surface area contributed by atoms with Gasteiger partial charge in [-0.15, -0.1) is 0 Å². The lowest BCUT2D eigenvalue weighted by molar-refractivity contribution is -0.384. The minimum Gasteiger partial charge on any atom is -0.353 e. The van der Waals surface area contributed by atoms with Crippen LogP contribution in [0.15, 0.2) is 48.7 Å². The van der Waals surface area contributed by atoms with Gasteiger partial charge in [-0.25, -0.2) is 4.98 Å². The summed E-state index contributed by atoms with van der Waals surface area (Å²) in [6, 6.07) is 11.0. The molecule has 2 aromatic rings. The number of carbonyl (C=O) groups is 2. The van der Waals surface area contributed by atoms with Crippen LogP contribution in [0.1, 0.15) is 0 Å². The van der Waals surface area contributed by atoms with E-state index in [0.29, 0.717) is 31.9 Å². The van der Waals surface area contributed by atoms with Crippen molar-refractivity contribution in [1.29, 1.82) is 0 Å². The number of non-ortho nitro benzene ring substituents is 1. The van der Waals surface area contributed by atoms with Gasteiger partial charge in [0.25, 0.3) is 5.69 Å². The van der Waals surface area contributed by atoms with Gasteiger partial charge in [0.2, 0.25) is 0 Å². The molecular weight excluding hydrogens is 338 g/mol. The first kappa shape index (κ1) is 17.3. The first-order chi connectivity index (χ1) is 12.5. The maximum atomic E-state index is 12.3. The van der Waals surface area contributed by atoms with Crippen molar-refractivity contribution in [2.24, 2.45) is 0 Å². The Morgan fingerprint density at radius 3 is 2.31 bits per heavy atom. The number of benzene rings is 1. The number of hydrogen-bond donors (Lipinski definition) is 1. The maximum absolute atomic E-state index is 12.3. The van der Waals surface area contributed by atoms with Gasteiger partial charge in [0, 0.05) is 50.2 Å². The Bertz CT molecular complexity index is 802. The van der Waals surface area contributed by atoms with E-state index in [0.717, 1.165) is 5.82 Å².